The molecule has 0 saturated carbocycles. The Morgan fingerprint density at radius 2 is 1.58 bits per heavy atom. The smallest absolute Gasteiger partial charge is 0.255 e. The Kier molecular flexibility index (Phi) is 7.49. The van der Waals surface area contributed by atoms with Gasteiger partial charge in [-0.15, -0.1) is 0 Å². The van der Waals surface area contributed by atoms with E-state index < -0.39 is 0 Å². The van der Waals surface area contributed by atoms with E-state index in [0.717, 1.165) is 28.3 Å². The van der Waals surface area contributed by atoms with Crippen molar-refractivity contribution in [1.82, 2.24) is 15.1 Å². The molecule has 0 aliphatic heterocycles. The van der Waals surface area contributed by atoms with Crippen LogP contribution in [0.3, 0.4) is 0 Å². The molecular formula is C29H30N4O3. The maximum atomic E-state index is 12.9. The van der Waals surface area contributed by atoms with Crippen molar-refractivity contribution >= 4 is 17.5 Å². The van der Waals surface area contributed by atoms with Crippen LogP contribution < -0.4 is 15.4 Å². The molecule has 4 rings (SSSR count). The number of hydrogen-bond donors (Lipinski definition) is 2. The molecule has 7 heteroatoms. The summed E-state index contributed by atoms with van der Waals surface area (Å²) in [5, 5.41) is 10.2. The highest BCUT2D eigenvalue weighted by Gasteiger charge is 2.16. The summed E-state index contributed by atoms with van der Waals surface area (Å²) in [6.45, 7) is 6.74. The van der Waals surface area contributed by atoms with Gasteiger partial charge in [-0.3, -0.25) is 14.3 Å². The number of nitrogens with one attached hydrogen (secondary N) is 2. The summed E-state index contributed by atoms with van der Waals surface area (Å²) in [6.07, 6.45) is 0. The molecule has 0 aliphatic carbocycles. The molecule has 2 N–H and O–H groups in total. The molecule has 0 saturated heterocycles. The van der Waals surface area contributed by atoms with Gasteiger partial charge in [0.1, 0.15) is 12.4 Å². The molecule has 36 heavy (non-hydrogen) atoms. The first-order chi connectivity index (χ1) is 17.3. The van der Waals surface area contributed by atoms with E-state index in [2.05, 4.69) is 15.7 Å². The van der Waals surface area contributed by atoms with Gasteiger partial charge < -0.3 is 15.4 Å². The Hall–Kier alpha value is -4.39. The SMILES string of the molecule is CNC(=O)c1cccc(Cn2nc(C)c(NC(=O)c3ccc(COc4ccc(C)cc4)cc3)c2C)c1. The molecule has 1 heterocycles. The number of carbonyl (C=O) groups excluding carboxylic acids is 2. The Labute approximate surface area is 211 Å². The molecule has 0 radical (unpaired) electrons. The van der Waals surface area contributed by atoms with Gasteiger partial charge in [0.2, 0.25) is 0 Å². The number of amides is 2. The number of rotatable bonds is 8. The van der Waals surface area contributed by atoms with Crippen molar-refractivity contribution in [2.75, 3.05) is 12.4 Å². The highest BCUT2D eigenvalue weighted by molar-refractivity contribution is 6.04. The van der Waals surface area contributed by atoms with Crippen LogP contribution in [-0.4, -0.2) is 28.6 Å². The first-order valence-electron chi connectivity index (χ1n) is 11.8. The number of anilines is 1. The van der Waals surface area contributed by atoms with Gasteiger partial charge in [-0.1, -0.05) is 42.0 Å². The lowest BCUT2D eigenvalue weighted by molar-refractivity contribution is 0.0962. The standard InChI is InChI=1S/C29H30N4O3/c1-19-8-14-26(15-9-19)36-18-22-10-12-24(13-11-22)29(35)31-27-20(2)32-33(21(27)3)17-23-6-5-7-25(16-23)28(34)30-4/h5-16H,17-18H2,1-4H3,(H,30,34)(H,31,35). The van der Waals surface area contributed by atoms with Crippen LogP contribution in [0.2, 0.25) is 0 Å². The maximum Gasteiger partial charge on any atom is 0.255 e. The molecule has 0 unspecified atom stereocenters. The summed E-state index contributed by atoms with van der Waals surface area (Å²) in [4.78, 5) is 24.9. The van der Waals surface area contributed by atoms with Gasteiger partial charge in [-0.2, -0.15) is 5.10 Å². The van der Waals surface area contributed by atoms with Crippen LogP contribution in [0.5, 0.6) is 5.75 Å². The molecule has 0 spiro atoms. The van der Waals surface area contributed by atoms with Gasteiger partial charge in [0.05, 0.1) is 23.6 Å². The second-order valence-corrected chi connectivity index (χ2v) is 8.74. The van der Waals surface area contributed by atoms with E-state index in [4.69, 9.17) is 4.74 Å². The number of nitrogens with zero attached hydrogens (tertiary/aromatic N) is 2. The molecule has 1 aromatic heterocycles. The van der Waals surface area contributed by atoms with Crippen molar-refractivity contribution in [1.29, 1.82) is 0 Å². The van der Waals surface area contributed by atoms with Gasteiger partial charge in [0.15, 0.2) is 0 Å². The van der Waals surface area contributed by atoms with Crippen molar-refractivity contribution in [2.45, 2.75) is 33.9 Å². The summed E-state index contributed by atoms with van der Waals surface area (Å²) in [6, 6.07) is 22.7. The minimum Gasteiger partial charge on any atom is -0.489 e. The van der Waals surface area contributed by atoms with Crippen LogP contribution in [0, 0.1) is 20.8 Å². The predicted octanol–water partition coefficient (Wildman–Crippen LogP) is 5.05. The third-order valence-corrected chi connectivity index (χ3v) is 6.01. The van der Waals surface area contributed by atoms with E-state index in [9.17, 15) is 9.59 Å². The molecule has 0 fully saturated rings. The molecular weight excluding hydrogens is 452 g/mol. The summed E-state index contributed by atoms with van der Waals surface area (Å²) in [5.41, 5.74) is 6.52. The first kappa shape index (κ1) is 24.7. The monoisotopic (exact) mass is 482 g/mol. The normalized spacial score (nSPS) is 10.7. The van der Waals surface area contributed by atoms with Crippen LogP contribution >= 0.6 is 0 Å². The fourth-order valence-electron chi connectivity index (χ4n) is 3.90. The van der Waals surface area contributed by atoms with Crippen LogP contribution in [0.15, 0.2) is 72.8 Å². The fourth-order valence-corrected chi connectivity index (χ4v) is 3.90. The second-order valence-electron chi connectivity index (χ2n) is 8.74. The summed E-state index contributed by atoms with van der Waals surface area (Å²) in [5.74, 6) is 0.477. The number of carbonyl (C=O) groups is 2. The van der Waals surface area contributed by atoms with Crippen LogP contribution in [0.1, 0.15) is 48.8 Å². The molecule has 0 aliphatic rings. The van der Waals surface area contributed by atoms with Crippen molar-refractivity contribution in [3.8, 4) is 5.75 Å². The van der Waals surface area contributed by atoms with Gasteiger partial charge in [-0.25, -0.2) is 0 Å². The van der Waals surface area contributed by atoms with E-state index in [1.807, 2.05) is 80.1 Å². The van der Waals surface area contributed by atoms with Crippen LogP contribution in [0.25, 0.3) is 0 Å². The minimum atomic E-state index is -0.201. The first-order valence-corrected chi connectivity index (χ1v) is 11.8. The highest BCUT2D eigenvalue weighted by Crippen LogP contribution is 2.22. The second kappa shape index (κ2) is 10.9. The number of aromatic nitrogens is 2. The van der Waals surface area contributed by atoms with Crippen LogP contribution in [-0.2, 0) is 13.2 Å². The topological polar surface area (TPSA) is 85.3 Å². The summed E-state index contributed by atoms with van der Waals surface area (Å²) >= 11 is 0. The van der Waals surface area contributed by atoms with Crippen molar-refractivity contribution < 1.29 is 14.3 Å². The minimum absolute atomic E-state index is 0.133. The summed E-state index contributed by atoms with van der Waals surface area (Å²) in [7, 11) is 1.61. The van der Waals surface area contributed by atoms with Gasteiger partial charge >= 0.3 is 0 Å². The van der Waals surface area contributed by atoms with Gasteiger partial charge in [0.25, 0.3) is 11.8 Å². The highest BCUT2D eigenvalue weighted by atomic mass is 16.5. The number of aryl methyl sites for hydroxylation is 2. The van der Waals surface area contributed by atoms with Crippen LogP contribution in [0.4, 0.5) is 5.69 Å². The average molecular weight is 483 g/mol. The lowest BCUT2D eigenvalue weighted by atomic mass is 10.1. The zero-order valence-electron chi connectivity index (χ0n) is 21.0. The summed E-state index contributed by atoms with van der Waals surface area (Å²) < 4.78 is 7.65. The number of hydrogen-bond acceptors (Lipinski definition) is 4. The van der Waals surface area contributed by atoms with Gasteiger partial charge in [-0.05, 0) is 68.3 Å². The zero-order chi connectivity index (χ0) is 25.7. The van der Waals surface area contributed by atoms with Crippen molar-refractivity contribution in [3.63, 3.8) is 0 Å². The fraction of sp³-hybridized carbons (Fsp3) is 0.207. The lowest BCUT2D eigenvalue weighted by Crippen LogP contribution is -2.18. The van der Waals surface area contributed by atoms with E-state index in [1.165, 1.54) is 5.56 Å². The molecule has 0 bridgehead atoms. The lowest BCUT2D eigenvalue weighted by Gasteiger charge is -2.09. The third kappa shape index (κ3) is 5.81. The third-order valence-electron chi connectivity index (χ3n) is 6.01. The molecule has 4 aromatic rings. The Morgan fingerprint density at radius 3 is 2.28 bits per heavy atom. The Morgan fingerprint density at radius 1 is 0.861 bits per heavy atom. The van der Waals surface area contributed by atoms with Crippen molar-refractivity contribution in [3.05, 3.63) is 112 Å². The molecule has 3 aromatic carbocycles. The molecule has 7 nitrogen and oxygen atoms in total. The largest absolute Gasteiger partial charge is 0.489 e. The predicted molar refractivity (Wildman–Crippen MR) is 141 cm³/mol. The average Bonchev–Trinajstić information content (AvgIpc) is 3.15. The molecule has 2 amide bonds. The Balaban J connectivity index is 1.41. The zero-order valence-corrected chi connectivity index (χ0v) is 21.0. The maximum absolute atomic E-state index is 12.9. The molecule has 184 valence electrons. The number of benzene rings is 3. The van der Waals surface area contributed by atoms with E-state index >= 15 is 0 Å². The van der Waals surface area contributed by atoms with E-state index in [0.29, 0.717) is 30.0 Å². The molecule has 0 atom stereocenters. The Bertz CT molecular complexity index is 1370. The quantitative estimate of drug-likeness (QED) is 0.368. The van der Waals surface area contributed by atoms with E-state index in [1.54, 1.807) is 25.2 Å². The van der Waals surface area contributed by atoms with Gasteiger partial charge in [0, 0.05) is 18.2 Å². The van der Waals surface area contributed by atoms with E-state index in [-0.39, 0.29) is 11.8 Å². The van der Waals surface area contributed by atoms with Crippen molar-refractivity contribution in [2.24, 2.45) is 0 Å². The number of ether oxygens (including phenoxy) is 1.